The molecule has 2 nitrogen and oxygen atoms in total. The van der Waals surface area contributed by atoms with Gasteiger partial charge in [0.25, 0.3) is 0 Å². The highest BCUT2D eigenvalue weighted by atomic mass is 19.1. The van der Waals surface area contributed by atoms with E-state index in [-0.39, 0.29) is 6.10 Å². The molecule has 0 bridgehead atoms. The lowest BCUT2D eigenvalue weighted by Gasteiger charge is -2.29. The third-order valence-electron chi connectivity index (χ3n) is 4.04. The van der Waals surface area contributed by atoms with E-state index in [9.17, 15) is 9.50 Å². The van der Waals surface area contributed by atoms with Gasteiger partial charge in [0.1, 0.15) is 11.6 Å². The number of aliphatic hydroxyl groups is 1. The third kappa shape index (κ3) is 3.69. The summed E-state index contributed by atoms with van der Waals surface area (Å²) in [5.74, 6) is 0.916. The summed E-state index contributed by atoms with van der Waals surface area (Å²) in [6.07, 6.45) is 5.20. The Morgan fingerprint density at radius 2 is 2.21 bits per heavy atom. The fraction of sp³-hybridized carbons (Fsp3) is 0.625. The van der Waals surface area contributed by atoms with E-state index in [1.54, 1.807) is 19.1 Å². The molecule has 0 aromatic heterocycles. The van der Waals surface area contributed by atoms with Crippen molar-refractivity contribution in [2.24, 2.45) is 5.92 Å². The first-order valence-corrected chi connectivity index (χ1v) is 7.24. The molecule has 2 unspecified atom stereocenters. The summed E-state index contributed by atoms with van der Waals surface area (Å²) in [6.45, 7) is 3.77. The van der Waals surface area contributed by atoms with E-state index < -0.39 is 11.9 Å². The molecule has 2 rings (SSSR count). The first-order valence-electron chi connectivity index (χ1n) is 7.24. The Balaban J connectivity index is 2.01. The highest BCUT2D eigenvalue weighted by molar-refractivity contribution is 5.30. The van der Waals surface area contributed by atoms with Crippen LogP contribution in [0.5, 0.6) is 5.75 Å². The molecule has 3 atom stereocenters. The predicted octanol–water partition coefficient (Wildman–Crippen LogP) is 4.23. The lowest BCUT2D eigenvalue weighted by molar-refractivity contribution is 0.121. The maximum atomic E-state index is 13.8. The molecule has 0 amide bonds. The monoisotopic (exact) mass is 266 g/mol. The average Bonchev–Trinajstić information content (AvgIpc) is 2.38. The van der Waals surface area contributed by atoms with Crippen LogP contribution in [0.4, 0.5) is 4.39 Å². The van der Waals surface area contributed by atoms with Crippen LogP contribution in [0.3, 0.4) is 0 Å². The van der Waals surface area contributed by atoms with Gasteiger partial charge in [0.05, 0.1) is 12.2 Å². The van der Waals surface area contributed by atoms with E-state index in [0.717, 1.165) is 18.8 Å². The van der Waals surface area contributed by atoms with Gasteiger partial charge in [-0.2, -0.15) is 0 Å². The smallest absolute Gasteiger partial charge is 0.132 e. The van der Waals surface area contributed by atoms with Crippen LogP contribution in [-0.4, -0.2) is 11.2 Å². The minimum absolute atomic E-state index is 0.204. The molecule has 0 radical (unpaired) electrons. The summed E-state index contributed by atoms with van der Waals surface area (Å²) in [7, 11) is 0. The average molecular weight is 266 g/mol. The molecule has 19 heavy (non-hydrogen) atoms. The minimum atomic E-state index is -0.784. The second-order valence-corrected chi connectivity index (χ2v) is 5.54. The van der Waals surface area contributed by atoms with Crippen LogP contribution < -0.4 is 4.74 Å². The van der Waals surface area contributed by atoms with Crippen LogP contribution in [0.15, 0.2) is 18.2 Å². The first-order chi connectivity index (χ1) is 9.10. The summed E-state index contributed by atoms with van der Waals surface area (Å²) < 4.78 is 19.6. The van der Waals surface area contributed by atoms with Crippen LogP contribution in [-0.2, 0) is 0 Å². The molecule has 3 heteroatoms. The number of rotatable bonds is 4. The summed E-state index contributed by atoms with van der Waals surface area (Å²) in [5.41, 5.74) is 0.322. The van der Waals surface area contributed by atoms with E-state index in [1.807, 2.05) is 0 Å². The second kappa shape index (κ2) is 6.38. The lowest BCUT2D eigenvalue weighted by atomic mass is 9.85. The van der Waals surface area contributed by atoms with E-state index >= 15 is 0 Å². The zero-order valence-electron chi connectivity index (χ0n) is 11.7. The van der Waals surface area contributed by atoms with E-state index in [2.05, 4.69) is 6.92 Å². The van der Waals surface area contributed by atoms with Crippen molar-refractivity contribution in [2.75, 3.05) is 0 Å². The molecular weight excluding hydrogens is 243 g/mol. The van der Waals surface area contributed by atoms with Crippen LogP contribution in [0.2, 0.25) is 0 Å². The maximum absolute atomic E-state index is 13.8. The molecule has 1 N–H and O–H groups in total. The van der Waals surface area contributed by atoms with E-state index in [4.69, 9.17) is 4.74 Å². The van der Waals surface area contributed by atoms with Crippen molar-refractivity contribution in [2.45, 2.75) is 58.2 Å². The third-order valence-corrected chi connectivity index (χ3v) is 4.04. The van der Waals surface area contributed by atoms with Crippen molar-refractivity contribution in [1.29, 1.82) is 0 Å². The van der Waals surface area contributed by atoms with Gasteiger partial charge in [-0.1, -0.05) is 19.8 Å². The predicted molar refractivity (Wildman–Crippen MR) is 73.7 cm³/mol. The summed E-state index contributed by atoms with van der Waals surface area (Å²) in [5, 5.41) is 9.40. The van der Waals surface area contributed by atoms with E-state index in [0.29, 0.717) is 11.3 Å². The Hall–Kier alpha value is -1.09. The lowest BCUT2D eigenvalue weighted by Crippen LogP contribution is -2.25. The zero-order chi connectivity index (χ0) is 13.8. The second-order valence-electron chi connectivity index (χ2n) is 5.54. The van der Waals surface area contributed by atoms with Crippen molar-refractivity contribution in [3.05, 3.63) is 29.6 Å². The highest BCUT2D eigenvalue weighted by Gasteiger charge is 2.22. The Kier molecular flexibility index (Phi) is 4.81. The molecule has 1 aromatic rings. The molecule has 1 aliphatic carbocycles. The van der Waals surface area contributed by atoms with Gasteiger partial charge in [-0.05, 0) is 44.2 Å². The fourth-order valence-corrected chi connectivity index (χ4v) is 2.83. The number of ether oxygens (including phenoxy) is 1. The van der Waals surface area contributed by atoms with Gasteiger partial charge >= 0.3 is 0 Å². The van der Waals surface area contributed by atoms with Crippen molar-refractivity contribution >= 4 is 0 Å². The van der Waals surface area contributed by atoms with Crippen molar-refractivity contribution < 1.29 is 14.2 Å². The Labute approximate surface area is 114 Å². The number of hydrogen-bond acceptors (Lipinski definition) is 2. The quantitative estimate of drug-likeness (QED) is 0.883. The number of benzene rings is 1. The van der Waals surface area contributed by atoms with Crippen molar-refractivity contribution in [3.63, 3.8) is 0 Å². The summed E-state index contributed by atoms with van der Waals surface area (Å²) in [6, 6.07) is 4.74. The molecule has 0 spiro atoms. The zero-order valence-corrected chi connectivity index (χ0v) is 11.7. The molecule has 1 fully saturated rings. The Morgan fingerprint density at radius 3 is 2.84 bits per heavy atom. The molecule has 1 saturated carbocycles. The summed E-state index contributed by atoms with van der Waals surface area (Å²) >= 11 is 0. The molecule has 0 aliphatic heterocycles. The number of hydrogen-bond donors (Lipinski definition) is 1. The van der Waals surface area contributed by atoms with Gasteiger partial charge in [-0.3, -0.25) is 0 Å². The van der Waals surface area contributed by atoms with Crippen molar-refractivity contribution in [3.8, 4) is 5.75 Å². The first kappa shape index (κ1) is 14.3. The maximum Gasteiger partial charge on any atom is 0.132 e. The van der Waals surface area contributed by atoms with Crippen LogP contribution in [0, 0.1) is 11.7 Å². The minimum Gasteiger partial charge on any atom is -0.490 e. The van der Waals surface area contributed by atoms with Gasteiger partial charge in [0, 0.05) is 11.6 Å². The van der Waals surface area contributed by atoms with Gasteiger partial charge in [0.15, 0.2) is 0 Å². The molecule has 1 aromatic carbocycles. The van der Waals surface area contributed by atoms with Crippen LogP contribution in [0.1, 0.15) is 57.6 Å². The van der Waals surface area contributed by atoms with Crippen LogP contribution in [0.25, 0.3) is 0 Å². The number of halogens is 1. The SMILES string of the molecule is CCC1CCCC(Oc2ccc([C@@H](C)O)c(F)c2)C1. The van der Waals surface area contributed by atoms with Gasteiger partial charge in [-0.15, -0.1) is 0 Å². The molecule has 106 valence electrons. The van der Waals surface area contributed by atoms with Gasteiger partial charge in [-0.25, -0.2) is 4.39 Å². The van der Waals surface area contributed by atoms with Crippen molar-refractivity contribution in [1.82, 2.24) is 0 Å². The molecule has 1 aliphatic rings. The highest BCUT2D eigenvalue weighted by Crippen LogP contribution is 2.30. The fourth-order valence-electron chi connectivity index (χ4n) is 2.83. The van der Waals surface area contributed by atoms with E-state index in [1.165, 1.54) is 25.3 Å². The van der Waals surface area contributed by atoms with Crippen LogP contribution >= 0.6 is 0 Å². The molecule has 0 saturated heterocycles. The normalized spacial score (nSPS) is 25.1. The molecular formula is C16H23FO2. The van der Waals surface area contributed by atoms with Gasteiger partial charge < -0.3 is 9.84 Å². The standard InChI is InChI=1S/C16H23FO2/c1-3-12-5-4-6-13(9-12)19-14-7-8-15(11(2)18)16(17)10-14/h7-8,10-13,18H,3-6,9H2,1-2H3/t11-,12?,13?/m1/s1. The number of aliphatic hydroxyl groups excluding tert-OH is 1. The molecule has 0 heterocycles. The Morgan fingerprint density at radius 1 is 1.42 bits per heavy atom. The Bertz CT molecular complexity index is 417. The summed E-state index contributed by atoms with van der Waals surface area (Å²) in [4.78, 5) is 0. The van der Waals surface area contributed by atoms with Gasteiger partial charge in [0.2, 0.25) is 0 Å². The topological polar surface area (TPSA) is 29.5 Å². The largest absolute Gasteiger partial charge is 0.490 e.